The lowest BCUT2D eigenvalue weighted by atomic mass is 10.1. The van der Waals surface area contributed by atoms with Crippen LogP contribution in [0, 0.1) is 6.92 Å². The number of hydrogen-bond acceptors (Lipinski definition) is 4. The molecule has 0 spiro atoms. The van der Waals surface area contributed by atoms with Crippen molar-refractivity contribution < 1.29 is 4.79 Å². The number of benzene rings is 2. The molecule has 0 aliphatic rings. The fraction of sp³-hybridized carbons (Fsp3) is 0.125. The number of thioether (sulfide) groups is 1. The number of nitrogens with one attached hydrogen (secondary N) is 1. The first-order valence-corrected chi connectivity index (χ1v) is 8.53. The van der Waals surface area contributed by atoms with Crippen molar-refractivity contribution in [3.63, 3.8) is 0 Å². The normalized spacial score (nSPS) is 10.8. The lowest BCUT2D eigenvalue weighted by Crippen LogP contribution is -2.12. The van der Waals surface area contributed by atoms with E-state index in [-0.39, 0.29) is 5.91 Å². The van der Waals surface area contributed by atoms with Crippen LogP contribution in [0.25, 0.3) is 10.2 Å². The molecule has 0 saturated heterocycles. The Labute approximate surface area is 131 Å². The zero-order chi connectivity index (χ0) is 14.8. The molecule has 0 fully saturated rings. The Kier molecular flexibility index (Phi) is 3.94. The van der Waals surface area contributed by atoms with Crippen LogP contribution in [0.5, 0.6) is 0 Å². The number of nitrogens with zero attached hydrogens (tertiary/aromatic N) is 1. The highest BCUT2D eigenvalue weighted by Crippen LogP contribution is 2.29. The third-order valence-electron chi connectivity index (χ3n) is 3.21. The molecule has 3 nitrogen and oxygen atoms in total. The van der Waals surface area contributed by atoms with Crippen molar-refractivity contribution >= 4 is 44.4 Å². The van der Waals surface area contributed by atoms with Gasteiger partial charge in [0.25, 0.3) is 5.91 Å². The summed E-state index contributed by atoms with van der Waals surface area (Å²) in [4.78, 5) is 17.9. The fourth-order valence-corrected chi connectivity index (χ4v) is 3.49. The molecule has 106 valence electrons. The summed E-state index contributed by atoms with van der Waals surface area (Å²) in [7, 11) is 0. The van der Waals surface area contributed by atoms with Gasteiger partial charge in [0.2, 0.25) is 0 Å². The lowest BCUT2D eigenvalue weighted by molar-refractivity contribution is 0.102. The van der Waals surface area contributed by atoms with Gasteiger partial charge in [-0.3, -0.25) is 10.1 Å². The van der Waals surface area contributed by atoms with E-state index in [9.17, 15) is 4.79 Å². The van der Waals surface area contributed by atoms with Crippen LogP contribution in [0.4, 0.5) is 5.13 Å². The van der Waals surface area contributed by atoms with Gasteiger partial charge in [0, 0.05) is 10.5 Å². The Bertz CT molecular complexity index is 811. The van der Waals surface area contributed by atoms with Crippen LogP contribution < -0.4 is 5.32 Å². The quantitative estimate of drug-likeness (QED) is 0.720. The average molecular weight is 314 g/mol. The molecule has 0 saturated carbocycles. The van der Waals surface area contributed by atoms with E-state index in [1.807, 2.05) is 49.6 Å². The number of aryl methyl sites for hydroxylation is 1. The second-order valence-electron chi connectivity index (χ2n) is 4.62. The van der Waals surface area contributed by atoms with Gasteiger partial charge in [-0.25, -0.2) is 4.98 Å². The minimum atomic E-state index is -0.114. The number of fused-ring (bicyclic) bond motifs is 1. The van der Waals surface area contributed by atoms with E-state index < -0.39 is 0 Å². The van der Waals surface area contributed by atoms with Gasteiger partial charge in [0.1, 0.15) is 0 Å². The van der Waals surface area contributed by atoms with Crippen molar-refractivity contribution in [1.82, 2.24) is 4.98 Å². The van der Waals surface area contributed by atoms with Gasteiger partial charge in [-0.05, 0) is 43.0 Å². The molecular formula is C16H14N2OS2. The van der Waals surface area contributed by atoms with E-state index in [1.54, 1.807) is 11.8 Å². The van der Waals surface area contributed by atoms with E-state index in [1.165, 1.54) is 16.2 Å². The first-order valence-electron chi connectivity index (χ1n) is 6.49. The molecule has 5 heteroatoms. The summed E-state index contributed by atoms with van der Waals surface area (Å²) in [6.45, 7) is 1.93. The highest BCUT2D eigenvalue weighted by Gasteiger charge is 2.11. The summed E-state index contributed by atoms with van der Waals surface area (Å²) in [5.41, 5.74) is 2.56. The summed E-state index contributed by atoms with van der Waals surface area (Å²) in [5.74, 6) is -0.114. The van der Waals surface area contributed by atoms with Crippen molar-refractivity contribution in [2.24, 2.45) is 0 Å². The summed E-state index contributed by atoms with van der Waals surface area (Å²) < 4.78 is 1.09. The first-order chi connectivity index (χ1) is 10.2. The Morgan fingerprint density at radius 3 is 2.81 bits per heavy atom. The molecule has 3 rings (SSSR count). The molecule has 2 aromatic carbocycles. The number of thiazole rings is 1. The zero-order valence-electron chi connectivity index (χ0n) is 11.7. The Hall–Kier alpha value is -1.85. The Morgan fingerprint density at radius 1 is 1.24 bits per heavy atom. The van der Waals surface area contributed by atoms with Crippen LogP contribution in [0.1, 0.15) is 15.9 Å². The van der Waals surface area contributed by atoms with Crippen molar-refractivity contribution in [1.29, 1.82) is 0 Å². The van der Waals surface area contributed by atoms with Gasteiger partial charge < -0.3 is 0 Å². The number of amides is 1. The van der Waals surface area contributed by atoms with Crippen molar-refractivity contribution in [3.05, 3.63) is 53.6 Å². The second kappa shape index (κ2) is 5.87. The molecular weight excluding hydrogens is 300 g/mol. The van der Waals surface area contributed by atoms with E-state index in [4.69, 9.17) is 0 Å². The molecule has 1 heterocycles. The van der Waals surface area contributed by atoms with Crippen LogP contribution in [-0.2, 0) is 0 Å². The molecule has 1 amide bonds. The van der Waals surface area contributed by atoms with Gasteiger partial charge in [0.15, 0.2) is 5.13 Å². The largest absolute Gasteiger partial charge is 0.298 e. The smallest absolute Gasteiger partial charge is 0.257 e. The SMILES string of the molecule is CSc1ccc2nc(NC(=O)c3ccccc3C)sc2c1. The monoisotopic (exact) mass is 314 g/mol. The minimum Gasteiger partial charge on any atom is -0.298 e. The number of aromatic nitrogens is 1. The predicted molar refractivity (Wildman–Crippen MR) is 90.5 cm³/mol. The predicted octanol–water partition coefficient (Wildman–Crippen LogP) is 4.58. The standard InChI is InChI=1S/C16H14N2OS2/c1-10-5-3-4-6-12(10)15(19)18-16-17-13-8-7-11(20-2)9-14(13)21-16/h3-9H,1-2H3,(H,17,18,19). The Morgan fingerprint density at radius 2 is 2.05 bits per heavy atom. The van der Waals surface area contributed by atoms with Gasteiger partial charge in [0.05, 0.1) is 10.2 Å². The topological polar surface area (TPSA) is 42.0 Å². The molecule has 0 aliphatic carbocycles. The number of carbonyl (C=O) groups is 1. The summed E-state index contributed by atoms with van der Waals surface area (Å²) >= 11 is 3.20. The average Bonchev–Trinajstić information content (AvgIpc) is 2.88. The van der Waals surface area contributed by atoms with E-state index in [0.717, 1.165) is 15.8 Å². The molecule has 0 bridgehead atoms. The molecule has 21 heavy (non-hydrogen) atoms. The fourth-order valence-electron chi connectivity index (χ4n) is 2.08. The van der Waals surface area contributed by atoms with Crippen LogP contribution in [0.2, 0.25) is 0 Å². The lowest BCUT2D eigenvalue weighted by Gasteiger charge is -2.04. The number of hydrogen-bond donors (Lipinski definition) is 1. The third-order valence-corrected chi connectivity index (χ3v) is 4.86. The van der Waals surface area contributed by atoms with E-state index in [0.29, 0.717) is 10.7 Å². The van der Waals surface area contributed by atoms with Crippen LogP contribution >= 0.6 is 23.1 Å². The molecule has 0 atom stereocenters. The van der Waals surface area contributed by atoms with E-state index >= 15 is 0 Å². The molecule has 3 aromatic rings. The van der Waals surface area contributed by atoms with Gasteiger partial charge >= 0.3 is 0 Å². The second-order valence-corrected chi connectivity index (χ2v) is 6.53. The third kappa shape index (κ3) is 2.94. The number of carbonyl (C=O) groups excluding carboxylic acids is 1. The summed E-state index contributed by atoms with van der Waals surface area (Å²) in [6, 6.07) is 13.7. The maximum absolute atomic E-state index is 12.3. The van der Waals surface area contributed by atoms with Gasteiger partial charge in [-0.2, -0.15) is 0 Å². The summed E-state index contributed by atoms with van der Waals surface area (Å²) in [5, 5.41) is 3.52. The highest BCUT2D eigenvalue weighted by molar-refractivity contribution is 7.98. The molecule has 0 aliphatic heterocycles. The maximum Gasteiger partial charge on any atom is 0.257 e. The van der Waals surface area contributed by atoms with Crippen molar-refractivity contribution in [3.8, 4) is 0 Å². The van der Waals surface area contributed by atoms with Gasteiger partial charge in [-0.15, -0.1) is 11.8 Å². The number of anilines is 1. The molecule has 1 N–H and O–H groups in total. The van der Waals surface area contributed by atoms with Crippen LogP contribution in [0.15, 0.2) is 47.4 Å². The highest BCUT2D eigenvalue weighted by atomic mass is 32.2. The van der Waals surface area contributed by atoms with Gasteiger partial charge in [-0.1, -0.05) is 29.5 Å². The number of rotatable bonds is 3. The van der Waals surface area contributed by atoms with Crippen molar-refractivity contribution in [2.45, 2.75) is 11.8 Å². The van der Waals surface area contributed by atoms with Crippen molar-refractivity contribution in [2.75, 3.05) is 11.6 Å². The first kappa shape index (κ1) is 14.1. The maximum atomic E-state index is 12.3. The molecule has 1 aromatic heterocycles. The summed E-state index contributed by atoms with van der Waals surface area (Å²) in [6.07, 6.45) is 2.04. The molecule has 0 radical (unpaired) electrons. The van der Waals surface area contributed by atoms with Crippen LogP contribution in [-0.4, -0.2) is 17.1 Å². The van der Waals surface area contributed by atoms with Crippen LogP contribution in [0.3, 0.4) is 0 Å². The Balaban J connectivity index is 1.88. The zero-order valence-corrected chi connectivity index (χ0v) is 13.3. The van der Waals surface area contributed by atoms with E-state index in [2.05, 4.69) is 16.4 Å². The molecule has 0 unspecified atom stereocenters. The minimum absolute atomic E-state index is 0.114.